The van der Waals surface area contributed by atoms with Gasteiger partial charge in [-0.25, -0.2) is 10.4 Å². The van der Waals surface area contributed by atoms with Crippen LogP contribution in [0.2, 0.25) is 0 Å². The van der Waals surface area contributed by atoms with Gasteiger partial charge in [-0.2, -0.15) is 5.10 Å². The monoisotopic (exact) mass is 254 g/mol. The van der Waals surface area contributed by atoms with Crippen LogP contribution in [-0.2, 0) is 11.8 Å². The van der Waals surface area contributed by atoms with Gasteiger partial charge in [-0.05, 0) is 0 Å². The van der Waals surface area contributed by atoms with Gasteiger partial charge in [0.2, 0.25) is 5.91 Å². The first kappa shape index (κ1) is 11.6. The number of hydrazone groups is 1. The van der Waals surface area contributed by atoms with Gasteiger partial charge >= 0.3 is 0 Å². The van der Waals surface area contributed by atoms with E-state index in [0.717, 1.165) is 22.8 Å². The fraction of sp³-hybridized carbons (Fsp3) is 0.214. The molecule has 2 aromatic rings. The second-order valence-electron chi connectivity index (χ2n) is 4.49. The summed E-state index contributed by atoms with van der Waals surface area (Å²) in [4.78, 5) is 15.6. The maximum Gasteiger partial charge on any atom is 0.240 e. The van der Waals surface area contributed by atoms with E-state index in [2.05, 4.69) is 15.5 Å². The van der Waals surface area contributed by atoms with Gasteiger partial charge in [-0.3, -0.25) is 4.79 Å². The summed E-state index contributed by atoms with van der Waals surface area (Å²) in [6.45, 7) is 0. The van der Waals surface area contributed by atoms with Crippen LogP contribution >= 0.6 is 0 Å². The molecule has 1 amide bonds. The van der Waals surface area contributed by atoms with E-state index in [-0.39, 0.29) is 5.91 Å². The fourth-order valence-electron chi connectivity index (χ4n) is 2.19. The Labute approximate surface area is 111 Å². The molecule has 1 aliphatic rings. The highest BCUT2D eigenvalue weighted by Crippen LogP contribution is 2.20. The second kappa shape index (κ2) is 4.68. The third-order valence-electron chi connectivity index (χ3n) is 3.22. The number of carbonyl (C=O) groups excluding carboxylic acids is 1. The number of amides is 1. The van der Waals surface area contributed by atoms with Crippen molar-refractivity contribution in [2.75, 3.05) is 0 Å². The summed E-state index contributed by atoms with van der Waals surface area (Å²) in [7, 11) is 1.96. The number of hydrogen-bond acceptors (Lipinski definition) is 3. The zero-order valence-electron chi connectivity index (χ0n) is 10.6. The van der Waals surface area contributed by atoms with Crippen LogP contribution in [0.25, 0.3) is 11.4 Å². The lowest BCUT2D eigenvalue weighted by Crippen LogP contribution is -2.26. The van der Waals surface area contributed by atoms with Crippen LogP contribution in [0.4, 0.5) is 0 Å². The number of rotatable bonds is 2. The summed E-state index contributed by atoms with van der Waals surface area (Å²) in [5.74, 6) is 0.865. The Morgan fingerprint density at radius 2 is 2.00 bits per heavy atom. The normalized spacial score (nSPS) is 15.0. The molecule has 1 N–H and O–H groups in total. The van der Waals surface area contributed by atoms with Crippen molar-refractivity contribution in [1.82, 2.24) is 15.0 Å². The quantitative estimate of drug-likeness (QED) is 0.886. The number of carbonyl (C=O) groups is 1. The first-order valence-electron chi connectivity index (χ1n) is 6.18. The molecule has 0 fully saturated rings. The summed E-state index contributed by atoms with van der Waals surface area (Å²) in [5.41, 5.74) is 5.40. The van der Waals surface area contributed by atoms with E-state index in [1.807, 2.05) is 41.9 Å². The molecule has 0 bridgehead atoms. The molecule has 1 aromatic heterocycles. The lowest BCUT2D eigenvalue weighted by atomic mass is 10.1. The Morgan fingerprint density at radius 1 is 1.21 bits per heavy atom. The second-order valence-corrected chi connectivity index (χ2v) is 4.49. The fourth-order valence-corrected chi connectivity index (χ4v) is 2.19. The zero-order valence-corrected chi connectivity index (χ0v) is 10.6. The zero-order chi connectivity index (χ0) is 13.2. The Kier molecular flexibility index (Phi) is 2.87. The summed E-state index contributed by atoms with van der Waals surface area (Å²) < 4.78 is 2.01. The molecule has 2 heterocycles. The highest BCUT2D eigenvalue weighted by atomic mass is 16.2. The van der Waals surface area contributed by atoms with Crippen molar-refractivity contribution in [1.29, 1.82) is 0 Å². The van der Waals surface area contributed by atoms with E-state index in [0.29, 0.717) is 12.8 Å². The number of aromatic nitrogens is 2. The summed E-state index contributed by atoms with van der Waals surface area (Å²) in [6.07, 6.45) is 2.93. The van der Waals surface area contributed by atoms with Crippen LogP contribution in [-0.4, -0.2) is 21.2 Å². The maximum absolute atomic E-state index is 11.1. The van der Waals surface area contributed by atoms with Crippen molar-refractivity contribution >= 4 is 11.6 Å². The van der Waals surface area contributed by atoms with E-state index in [4.69, 9.17) is 0 Å². The standard InChI is InChI=1S/C14H14N4O/c1-18-12(11-7-8-13(19)17-16-11)9-15-14(18)10-5-3-2-4-6-10/h2-6,9H,7-8H2,1H3,(H,17,19). The maximum atomic E-state index is 11.1. The average molecular weight is 254 g/mol. The third kappa shape index (κ3) is 2.14. The number of nitrogens with zero attached hydrogens (tertiary/aromatic N) is 3. The van der Waals surface area contributed by atoms with Gasteiger partial charge in [0.25, 0.3) is 0 Å². The van der Waals surface area contributed by atoms with E-state index in [1.165, 1.54) is 0 Å². The first-order chi connectivity index (χ1) is 9.25. The lowest BCUT2D eigenvalue weighted by molar-refractivity contribution is -0.121. The number of imidazole rings is 1. The minimum absolute atomic E-state index is 0.0331. The number of hydrogen-bond donors (Lipinski definition) is 1. The molecule has 3 rings (SSSR count). The van der Waals surface area contributed by atoms with Crippen molar-refractivity contribution in [3.05, 3.63) is 42.2 Å². The van der Waals surface area contributed by atoms with Gasteiger partial charge in [0, 0.05) is 25.5 Å². The Balaban J connectivity index is 1.98. The highest BCUT2D eigenvalue weighted by Gasteiger charge is 2.18. The SMILES string of the molecule is Cn1c(C2=NNC(=O)CC2)cnc1-c1ccccc1. The van der Waals surface area contributed by atoms with Gasteiger partial charge in [-0.1, -0.05) is 30.3 Å². The lowest BCUT2D eigenvalue weighted by Gasteiger charge is -2.12. The minimum Gasteiger partial charge on any atom is -0.326 e. The molecule has 0 saturated heterocycles. The molecule has 5 nitrogen and oxygen atoms in total. The third-order valence-corrected chi connectivity index (χ3v) is 3.22. The average Bonchev–Trinajstić information content (AvgIpc) is 2.83. The molecule has 1 aliphatic heterocycles. The molecule has 0 radical (unpaired) electrons. The largest absolute Gasteiger partial charge is 0.326 e. The van der Waals surface area contributed by atoms with Crippen molar-refractivity contribution in [2.24, 2.45) is 12.1 Å². The van der Waals surface area contributed by atoms with Crippen LogP contribution in [0.3, 0.4) is 0 Å². The van der Waals surface area contributed by atoms with E-state index in [1.54, 1.807) is 6.20 Å². The van der Waals surface area contributed by atoms with Gasteiger partial charge in [0.15, 0.2) is 0 Å². The predicted molar refractivity (Wildman–Crippen MR) is 72.6 cm³/mol. The number of nitrogens with one attached hydrogen (secondary N) is 1. The van der Waals surface area contributed by atoms with E-state index >= 15 is 0 Å². The minimum atomic E-state index is -0.0331. The van der Waals surface area contributed by atoms with Gasteiger partial charge < -0.3 is 4.57 Å². The molecule has 96 valence electrons. The molecule has 19 heavy (non-hydrogen) atoms. The number of benzene rings is 1. The van der Waals surface area contributed by atoms with Crippen LogP contribution < -0.4 is 5.43 Å². The van der Waals surface area contributed by atoms with Crippen LogP contribution in [0, 0.1) is 0 Å². The molecule has 5 heteroatoms. The molecular weight excluding hydrogens is 240 g/mol. The first-order valence-corrected chi connectivity index (χ1v) is 6.18. The van der Waals surface area contributed by atoms with E-state index < -0.39 is 0 Å². The van der Waals surface area contributed by atoms with Crippen molar-refractivity contribution < 1.29 is 4.79 Å². The van der Waals surface area contributed by atoms with Crippen LogP contribution in [0.15, 0.2) is 41.6 Å². The van der Waals surface area contributed by atoms with Gasteiger partial charge in [0.1, 0.15) is 5.82 Å². The predicted octanol–water partition coefficient (Wildman–Crippen LogP) is 1.70. The molecule has 0 spiro atoms. The molecule has 0 aliphatic carbocycles. The molecule has 1 aromatic carbocycles. The molecule has 0 atom stereocenters. The molecule has 0 unspecified atom stereocenters. The molecular formula is C14H14N4O. The molecule has 0 saturated carbocycles. The Morgan fingerprint density at radius 3 is 2.68 bits per heavy atom. The Bertz CT molecular complexity index is 643. The topological polar surface area (TPSA) is 59.3 Å². The summed E-state index contributed by atoms with van der Waals surface area (Å²) >= 11 is 0. The van der Waals surface area contributed by atoms with Crippen LogP contribution in [0.1, 0.15) is 18.5 Å². The summed E-state index contributed by atoms with van der Waals surface area (Å²) in [6, 6.07) is 10.0. The smallest absolute Gasteiger partial charge is 0.240 e. The van der Waals surface area contributed by atoms with Crippen molar-refractivity contribution in [2.45, 2.75) is 12.8 Å². The summed E-state index contributed by atoms with van der Waals surface area (Å²) in [5, 5.41) is 4.10. The van der Waals surface area contributed by atoms with Gasteiger partial charge in [0.05, 0.1) is 17.6 Å². The van der Waals surface area contributed by atoms with Crippen LogP contribution in [0.5, 0.6) is 0 Å². The van der Waals surface area contributed by atoms with Crippen molar-refractivity contribution in [3.8, 4) is 11.4 Å². The van der Waals surface area contributed by atoms with Gasteiger partial charge in [-0.15, -0.1) is 0 Å². The highest BCUT2D eigenvalue weighted by molar-refractivity contribution is 6.03. The van der Waals surface area contributed by atoms with Crippen molar-refractivity contribution in [3.63, 3.8) is 0 Å². The van der Waals surface area contributed by atoms with E-state index in [9.17, 15) is 4.79 Å². The Hall–Kier alpha value is -2.43.